The van der Waals surface area contributed by atoms with Gasteiger partial charge in [-0.05, 0) is 34.1 Å². The van der Waals surface area contributed by atoms with Gasteiger partial charge in [0, 0.05) is 20.6 Å². The van der Waals surface area contributed by atoms with Crippen LogP contribution in [0.25, 0.3) is 0 Å². The summed E-state index contributed by atoms with van der Waals surface area (Å²) in [4.78, 5) is 16.8. The van der Waals surface area contributed by atoms with E-state index in [9.17, 15) is 4.79 Å². The van der Waals surface area contributed by atoms with Crippen LogP contribution in [0.1, 0.15) is 15.2 Å². The summed E-state index contributed by atoms with van der Waals surface area (Å²) in [6.45, 7) is 0.475. The van der Waals surface area contributed by atoms with E-state index in [0.29, 0.717) is 17.1 Å². The van der Waals surface area contributed by atoms with Crippen LogP contribution in [-0.4, -0.2) is 10.9 Å². The summed E-state index contributed by atoms with van der Waals surface area (Å²) in [5.41, 5.74) is 2.26. The highest BCUT2D eigenvalue weighted by Gasteiger charge is 2.10. The van der Waals surface area contributed by atoms with Crippen LogP contribution in [0.5, 0.6) is 0 Å². The number of nitrogens with one attached hydrogen (secondary N) is 1. The number of amides is 1. The first kappa shape index (κ1) is 12.5. The number of hydrogen-bond donors (Lipinski definition) is 1. The molecule has 0 radical (unpaired) electrons. The molecule has 2 rings (SSSR count). The second kappa shape index (κ2) is 5.62. The van der Waals surface area contributed by atoms with Gasteiger partial charge in [0.05, 0.1) is 17.6 Å². The molecule has 0 fully saturated rings. The molecule has 0 aliphatic carbocycles. The largest absolute Gasteiger partial charge is 0.347 e. The number of nitrogens with zero attached hydrogens (tertiary/aromatic N) is 1. The van der Waals surface area contributed by atoms with Gasteiger partial charge in [-0.25, -0.2) is 0 Å². The third kappa shape index (κ3) is 3.28. The Morgan fingerprint density at radius 1 is 1.53 bits per heavy atom. The van der Waals surface area contributed by atoms with Crippen LogP contribution in [0.2, 0.25) is 5.02 Å². The molecule has 1 aromatic heterocycles. The molecule has 0 aliphatic heterocycles. The quantitative estimate of drug-likeness (QED) is 0.935. The van der Waals surface area contributed by atoms with Crippen molar-refractivity contribution in [2.45, 2.75) is 6.54 Å². The Morgan fingerprint density at radius 2 is 2.35 bits per heavy atom. The Bertz CT molecular complexity index is 530. The molecule has 1 N–H and O–H groups in total. The Balaban J connectivity index is 2.07. The van der Waals surface area contributed by atoms with Crippen molar-refractivity contribution >= 4 is 44.8 Å². The highest BCUT2D eigenvalue weighted by atomic mass is 79.9. The topological polar surface area (TPSA) is 42.0 Å². The maximum atomic E-state index is 11.9. The van der Waals surface area contributed by atoms with Crippen molar-refractivity contribution in [1.82, 2.24) is 10.3 Å². The average Bonchev–Trinajstić information content (AvgIpc) is 2.82. The van der Waals surface area contributed by atoms with Gasteiger partial charge in [-0.1, -0.05) is 11.6 Å². The van der Waals surface area contributed by atoms with Crippen molar-refractivity contribution in [3.8, 4) is 0 Å². The van der Waals surface area contributed by atoms with Crippen LogP contribution in [0.3, 0.4) is 0 Å². The van der Waals surface area contributed by atoms with E-state index in [2.05, 4.69) is 26.2 Å². The van der Waals surface area contributed by atoms with Gasteiger partial charge in [0.2, 0.25) is 0 Å². The lowest BCUT2D eigenvalue weighted by molar-refractivity contribution is 0.0950. The van der Waals surface area contributed by atoms with E-state index in [-0.39, 0.29) is 5.91 Å². The van der Waals surface area contributed by atoms with Crippen molar-refractivity contribution in [1.29, 1.82) is 0 Å². The molecule has 2 aromatic rings. The Hall–Kier alpha value is -0.910. The molecule has 88 valence electrons. The SMILES string of the molecule is O=C(NCc1cncs1)c1cc(Cl)ccc1Br. The van der Waals surface area contributed by atoms with E-state index >= 15 is 0 Å². The lowest BCUT2D eigenvalue weighted by Gasteiger charge is -2.05. The predicted molar refractivity (Wildman–Crippen MR) is 72.4 cm³/mol. The number of rotatable bonds is 3. The van der Waals surface area contributed by atoms with Gasteiger partial charge >= 0.3 is 0 Å². The number of thiazole rings is 1. The normalized spacial score (nSPS) is 10.2. The zero-order valence-electron chi connectivity index (χ0n) is 8.61. The number of hydrogen-bond acceptors (Lipinski definition) is 3. The molecular weight excluding hydrogens is 324 g/mol. The standard InChI is InChI=1S/C11H8BrClN2OS/c12-10-2-1-7(13)3-9(10)11(16)15-5-8-4-14-6-17-8/h1-4,6H,5H2,(H,15,16). The van der Waals surface area contributed by atoms with Gasteiger partial charge in [-0.3, -0.25) is 9.78 Å². The van der Waals surface area contributed by atoms with Gasteiger partial charge in [0.25, 0.3) is 5.91 Å². The van der Waals surface area contributed by atoms with Gasteiger partial charge in [0.15, 0.2) is 0 Å². The predicted octanol–water partition coefficient (Wildman–Crippen LogP) is 3.49. The summed E-state index contributed by atoms with van der Waals surface area (Å²) in [5, 5.41) is 3.35. The van der Waals surface area contributed by atoms with Crippen molar-refractivity contribution in [2.24, 2.45) is 0 Å². The Labute approximate surface area is 116 Å². The van der Waals surface area contributed by atoms with Gasteiger partial charge in [-0.2, -0.15) is 0 Å². The number of halogens is 2. The minimum Gasteiger partial charge on any atom is -0.347 e. The molecule has 0 aliphatic rings. The van der Waals surface area contributed by atoms with E-state index in [1.54, 1.807) is 29.9 Å². The summed E-state index contributed by atoms with van der Waals surface area (Å²) in [7, 11) is 0. The van der Waals surface area contributed by atoms with Crippen LogP contribution in [0, 0.1) is 0 Å². The van der Waals surface area contributed by atoms with Crippen LogP contribution < -0.4 is 5.32 Å². The van der Waals surface area contributed by atoms with Gasteiger partial charge < -0.3 is 5.32 Å². The zero-order valence-corrected chi connectivity index (χ0v) is 11.8. The van der Waals surface area contributed by atoms with Gasteiger partial charge in [-0.15, -0.1) is 11.3 Å². The lowest BCUT2D eigenvalue weighted by atomic mass is 10.2. The van der Waals surface area contributed by atoms with Crippen LogP contribution in [0.4, 0.5) is 0 Å². The second-order valence-electron chi connectivity index (χ2n) is 3.27. The van der Waals surface area contributed by atoms with Crippen molar-refractivity contribution in [3.63, 3.8) is 0 Å². The molecule has 3 nitrogen and oxygen atoms in total. The van der Waals surface area contributed by atoms with Crippen molar-refractivity contribution in [2.75, 3.05) is 0 Å². The molecule has 0 saturated heterocycles. The first-order valence-corrected chi connectivity index (χ1v) is 6.82. The third-order valence-corrected chi connectivity index (χ3v) is 3.79. The molecule has 1 heterocycles. The summed E-state index contributed by atoms with van der Waals surface area (Å²) < 4.78 is 0.726. The minimum absolute atomic E-state index is 0.159. The highest BCUT2D eigenvalue weighted by Crippen LogP contribution is 2.21. The Kier molecular flexibility index (Phi) is 4.15. The van der Waals surface area contributed by atoms with E-state index < -0.39 is 0 Å². The maximum absolute atomic E-state index is 11.9. The molecular formula is C11H8BrClN2OS. The second-order valence-corrected chi connectivity index (χ2v) is 5.54. The highest BCUT2D eigenvalue weighted by molar-refractivity contribution is 9.10. The summed E-state index contributed by atoms with van der Waals surface area (Å²) in [6.07, 6.45) is 1.73. The fourth-order valence-electron chi connectivity index (χ4n) is 1.26. The van der Waals surface area contributed by atoms with Crippen molar-refractivity contribution in [3.05, 3.63) is 49.8 Å². The molecule has 0 spiro atoms. The summed E-state index contributed by atoms with van der Waals surface area (Å²) in [6, 6.07) is 5.11. The molecule has 17 heavy (non-hydrogen) atoms. The molecule has 6 heteroatoms. The zero-order chi connectivity index (χ0) is 12.3. The molecule has 0 unspecified atom stereocenters. The maximum Gasteiger partial charge on any atom is 0.252 e. The summed E-state index contributed by atoms with van der Waals surface area (Å²) in [5.74, 6) is -0.159. The smallest absolute Gasteiger partial charge is 0.252 e. The monoisotopic (exact) mass is 330 g/mol. The van der Waals surface area contributed by atoms with Gasteiger partial charge in [0.1, 0.15) is 0 Å². The average molecular weight is 332 g/mol. The molecule has 1 aromatic carbocycles. The van der Waals surface area contributed by atoms with E-state index in [1.165, 1.54) is 11.3 Å². The molecule has 0 saturated carbocycles. The van der Waals surface area contributed by atoms with E-state index in [4.69, 9.17) is 11.6 Å². The molecule has 1 amide bonds. The number of benzene rings is 1. The third-order valence-electron chi connectivity index (χ3n) is 2.08. The Morgan fingerprint density at radius 3 is 3.06 bits per heavy atom. The first-order valence-electron chi connectivity index (χ1n) is 4.77. The number of carbonyl (C=O) groups is 1. The first-order chi connectivity index (χ1) is 8.16. The minimum atomic E-state index is -0.159. The van der Waals surface area contributed by atoms with Crippen LogP contribution >= 0.6 is 38.9 Å². The summed E-state index contributed by atoms with van der Waals surface area (Å²) >= 11 is 10.7. The van der Waals surface area contributed by atoms with E-state index in [0.717, 1.165) is 9.35 Å². The molecule has 0 bridgehead atoms. The van der Waals surface area contributed by atoms with Crippen molar-refractivity contribution < 1.29 is 4.79 Å². The fraction of sp³-hybridized carbons (Fsp3) is 0.0909. The van der Waals surface area contributed by atoms with Crippen LogP contribution in [-0.2, 0) is 6.54 Å². The molecule has 0 atom stereocenters. The van der Waals surface area contributed by atoms with E-state index in [1.807, 2.05) is 0 Å². The number of aromatic nitrogens is 1. The lowest BCUT2D eigenvalue weighted by Crippen LogP contribution is -2.22. The fourth-order valence-corrected chi connectivity index (χ4v) is 2.40. The number of carbonyl (C=O) groups excluding carboxylic acids is 1. The van der Waals surface area contributed by atoms with Crippen LogP contribution in [0.15, 0.2) is 34.4 Å².